The molecule has 0 amide bonds. The van der Waals surface area contributed by atoms with E-state index in [1.807, 2.05) is 73.7 Å². The number of nitrogens with one attached hydrogen (secondary N) is 1. The van der Waals surface area contributed by atoms with Gasteiger partial charge in [-0.15, -0.1) is 0 Å². The topological polar surface area (TPSA) is 120 Å². The number of non-ortho nitro benzene ring substituents is 1. The molecule has 188 valence electrons. The van der Waals surface area contributed by atoms with Crippen LogP contribution in [-0.2, 0) is 0 Å². The zero-order chi connectivity index (χ0) is 26.6. The summed E-state index contributed by atoms with van der Waals surface area (Å²) in [7, 11) is 0. The van der Waals surface area contributed by atoms with Gasteiger partial charge in [-0.1, -0.05) is 78.4 Å². The van der Waals surface area contributed by atoms with Crippen LogP contribution in [0.25, 0.3) is 5.76 Å². The highest BCUT2D eigenvalue weighted by atomic mass is 16.6. The fourth-order valence-electron chi connectivity index (χ4n) is 4.40. The molecule has 0 bridgehead atoms. The first-order chi connectivity index (χ1) is 18.4. The monoisotopic (exact) mass is 506 g/mol. The van der Waals surface area contributed by atoms with E-state index in [0.29, 0.717) is 5.76 Å². The van der Waals surface area contributed by atoms with Crippen molar-refractivity contribution in [3.8, 4) is 5.75 Å². The summed E-state index contributed by atoms with van der Waals surface area (Å²) in [5.41, 5.74) is 6.61. The van der Waals surface area contributed by atoms with E-state index in [0.717, 1.165) is 39.6 Å². The van der Waals surface area contributed by atoms with E-state index < -0.39 is 15.5 Å². The SMILES string of the molecule is Cc1ccc([C@@H]2C(/C=N/Nc3ccc([N+](=O)[O-])cc3[N+](=O)[O-])=C(c3ccccc3)Oc3ccccc32)cc1. The minimum absolute atomic E-state index is 0.0303. The van der Waals surface area contributed by atoms with Crippen LogP contribution in [0.3, 0.4) is 0 Å². The number of nitro benzene ring substituents is 2. The Bertz CT molecular complexity index is 1580. The fourth-order valence-corrected chi connectivity index (χ4v) is 4.40. The van der Waals surface area contributed by atoms with E-state index in [9.17, 15) is 20.2 Å². The normalized spacial score (nSPS) is 14.6. The zero-order valence-corrected chi connectivity index (χ0v) is 20.3. The Hall–Kier alpha value is -5.31. The molecule has 0 spiro atoms. The summed E-state index contributed by atoms with van der Waals surface area (Å²) in [6.07, 6.45) is 1.59. The van der Waals surface area contributed by atoms with E-state index in [-0.39, 0.29) is 17.3 Å². The molecule has 0 saturated heterocycles. The maximum Gasteiger partial charge on any atom is 0.301 e. The van der Waals surface area contributed by atoms with E-state index in [1.165, 1.54) is 12.1 Å². The van der Waals surface area contributed by atoms with Crippen molar-refractivity contribution in [3.63, 3.8) is 0 Å². The zero-order valence-electron chi connectivity index (χ0n) is 20.3. The number of para-hydroxylation sites is 1. The van der Waals surface area contributed by atoms with E-state index in [2.05, 4.69) is 22.7 Å². The fraction of sp³-hybridized carbons (Fsp3) is 0.0690. The molecule has 0 saturated carbocycles. The predicted octanol–water partition coefficient (Wildman–Crippen LogP) is 6.84. The van der Waals surface area contributed by atoms with Gasteiger partial charge >= 0.3 is 5.69 Å². The van der Waals surface area contributed by atoms with Crippen molar-refractivity contribution in [2.24, 2.45) is 5.10 Å². The Morgan fingerprint density at radius 1 is 0.868 bits per heavy atom. The van der Waals surface area contributed by atoms with Crippen LogP contribution in [0.15, 0.2) is 108 Å². The van der Waals surface area contributed by atoms with Crippen molar-refractivity contribution in [3.05, 3.63) is 145 Å². The van der Waals surface area contributed by atoms with Gasteiger partial charge in [0, 0.05) is 28.7 Å². The predicted molar refractivity (Wildman–Crippen MR) is 145 cm³/mol. The lowest BCUT2D eigenvalue weighted by Crippen LogP contribution is -2.17. The van der Waals surface area contributed by atoms with Gasteiger partial charge in [-0.2, -0.15) is 5.10 Å². The second kappa shape index (κ2) is 10.4. The molecule has 9 heteroatoms. The van der Waals surface area contributed by atoms with Crippen LogP contribution < -0.4 is 10.2 Å². The summed E-state index contributed by atoms with van der Waals surface area (Å²) in [6, 6.07) is 29.0. The summed E-state index contributed by atoms with van der Waals surface area (Å²) >= 11 is 0. The average molecular weight is 507 g/mol. The number of nitrogens with zero attached hydrogens (tertiary/aromatic N) is 3. The van der Waals surface area contributed by atoms with Crippen LogP contribution in [-0.4, -0.2) is 16.1 Å². The molecular weight excluding hydrogens is 484 g/mol. The Labute approximate surface area is 218 Å². The number of aryl methyl sites for hydroxylation is 1. The first kappa shape index (κ1) is 24.4. The largest absolute Gasteiger partial charge is 0.456 e. The van der Waals surface area contributed by atoms with Gasteiger partial charge < -0.3 is 4.74 Å². The number of rotatable bonds is 7. The van der Waals surface area contributed by atoms with Gasteiger partial charge in [-0.3, -0.25) is 25.7 Å². The average Bonchev–Trinajstić information content (AvgIpc) is 2.93. The molecule has 9 nitrogen and oxygen atoms in total. The molecular formula is C29H22N4O5. The number of hydrogen-bond donors (Lipinski definition) is 1. The van der Waals surface area contributed by atoms with E-state index >= 15 is 0 Å². The molecule has 0 aromatic heterocycles. The molecule has 1 heterocycles. The highest BCUT2D eigenvalue weighted by Crippen LogP contribution is 2.45. The van der Waals surface area contributed by atoms with Crippen LogP contribution in [0, 0.1) is 27.2 Å². The lowest BCUT2D eigenvalue weighted by atomic mass is 9.81. The number of fused-ring (bicyclic) bond motifs is 1. The quantitative estimate of drug-likeness (QED) is 0.166. The van der Waals surface area contributed by atoms with Crippen molar-refractivity contribution in [1.29, 1.82) is 0 Å². The number of hydrogen-bond acceptors (Lipinski definition) is 7. The molecule has 0 radical (unpaired) electrons. The third-order valence-electron chi connectivity index (χ3n) is 6.24. The maximum absolute atomic E-state index is 11.6. The van der Waals surface area contributed by atoms with Crippen LogP contribution in [0.4, 0.5) is 17.1 Å². The van der Waals surface area contributed by atoms with Gasteiger partial charge in [0.25, 0.3) is 5.69 Å². The molecule has 4 aromatic carbocycles. The molecule has 1 aliphatic heterocycles. The van der Waals surface area contributed by atoms with Gasteiger partial charge in [0.2, 0.25) is 0 Å². The molecule has 0 aliphatic carbocycles. The Morgan fingerprint density at radius 2 is 1.58 bits per heavy atom. The molecule has 1 aliphatic rings. The van der Waals surface area contributed by atoms with Crippen molar-refractivity contribution < 1.29 is 14.6 Å². The Kier molecular flexibility index (Phi) is 6.65. The van der Waals surface area contributed by atoms with Gasteiger partial charge in [-0.25, -0.2) is 0 Å². The smallest absolute Gasteiger partial charge is 0.301 e. The van der Waals surface area contributed by atoms with Crippen molar-refractivity contribution in [2.75, 3.05) is 5.43 Å². The van der Waals surface area contributed by atoms with E-state index in [4.69, 9.17) is 4.74 Å². The van der Waals surface area contributed by atoms with Crippen molar-refractivity contribution in [1.82, 2.24) is 0 Å². The summed E-state index contributed by atoms with van der Waals surface area (Å²) in [4.78, 5) is 21.3. The molecule has 5 rings (SSSR count). The Balaban J connectivity index is 1.62. The third kappa shape index (κ3) is 4.85. The second-order valence-corrected chi connectivity index (χ2v) is 8.72. The Morgan fingerprint density at radius 3 is 2.29 bits per heavy atom. The minimum Gasteiger partial charge on any atom is -0.456 e. The summed E-state index contributed by atoms with van der Waals surface area (Å²) in [5, 5.41) is 27.0. The van der Waals surface area contributed by atoms with Gasteiger partial charge in [0.05, 0.1) is 22.1 Å². The molecule has 4 aromatic rings. The van der Waals surface area contributed by atoms with E-state index in [1.54, 1.807) is 6.21 Å². The summed E-state index contributed by atoms with van der Waals surface area (Å²) in [6.45, 7) is 2.02. The molecule has 0 fully saturated rings. The highest BCUT2D eigenvalue weighted by molar-refractivity contribution is 5.94. The van der Waals surface area contributed by atoms with Gasteiger partial charge in [0.1, 0.15) is 17.2 Å². The number of allylic oxidation sites excluding steroid dienone is 1. The number of anilines is 1. The van der Waals surface area contributed by atoms with Gasteiger partial charge in [-0.05, 0) is 24.6 Å². The second-order valence-electron chi connectivity index (χ2n) is 8.72. The molecule has 0 unspecified atom stereocenters. The van der Waals surface area contributed by atoms with Crippen LogP contribution >= 0.6 is 0 Å². The van der Waals surface area contributed by atoms with Crippen molar-refractivity contribution in [2.45, 2.75) is 12.8 Å². The number of benzene rings is 4. The maximum atomic E-state index is 11.6. The summed E-state index contributed by atoms with van der Waals surface area (Å²) < 4.78 is 6.39. The highest BCUT2D eigenvalue weighted by Gasteiger charge is 2.31. The van der Waals surface area contributed by atoms with Gasteiger partial charge in [0.15, 0.2) is 0 Å². The van der Waals surface area contributed by atoms with Crippen LogP contribution in [0.1, 0.15) is 28.2 Å². The first-order valence-electron chi connectivity index (χ1n) is 11.8. The number of ether oxygens (including phenoxy) is 1. The van der Waals surface area contributed by atoms with Crippen LogP contribution in [0.5, 0.6) is 5.75 Å². The lowest BCUT2D eigenvalue weighted by molar-refractivity contribution is -0.393. The lowest BCUT2D eigenvalue weighted by Gasteiger charge is -2.30. The summed E-state index contributed by atoms with van der Waals surface area (Å²) in [5.74, 6) is 1.11. The standard InChI is InChI=1S/C29H22N4O5/c1-19-11-13-20(14-12-19)28-23-9-5-6-10-27(23)38-29(21-7-3-2-4-8-21)24(28)18-30-31-25-16-15-22(32(34)35)17-26(25)33(36)37/h2-18,28,31H,1H3/b30-18+/t28-/m0/s1. The number of nitro groups is 2. The van der Waals surface area contributed by atoms with Crippen LogP contribution in [0.2, 0.25) is 0 Å². The molecule has 38 heavy (non-hydrogen) atoms. The number of hydrazone groups is 1. The molecule has 1 atom stereocenters. The molecule has 1 N–H and O–H groups in total. The first-order valence-corrected chi connectivity index (χ1v) is 11.8. The third-order valence-corrected chi connectivity index (χ3v) is 6.24. The minimum atomic E-state index is -0.686. The van der Waals surface area contributed by atoms with Crippen molar-refractivity contribution >= 4 is 29.0 Å².